The van der Waals surface area contributed by atoms with Crippen molar-refractivity contribution in [1.82, 2.24) is 25.4 Å². The van der Waals surface area contributed by atoms with Gasteiger partial charge in [0.15, 0.2) is 0 Å². The lowest BCUT2D eigenvalue weighted by Gasteiger charge is -2.35. The van der Waals surface area contributed by atoms with Gasteiger partial charge in [0.2, 0.25) is 5.89 Å². The highest BCUT2D eigenvalue weighted by molar-refractivity contribution is 5.62. The zero-order valence-corrected chi connectivity index (χ0v) is 20.8. The van der Waals surface area contributed by atoms with E-state index < -0.39 is 17.0 Å². The molecule has 0 aliphatic rings. The molecule has 0 aliphatic carbocycles. The maximum absolute atomic E-state index is 14.5. The summed E-state index contributed by atoms with van der Waals surface area (Å²) in [6.07, 6.45) is 0.820. The molecule has 0 N–H and O–H groups in total. The maximum atomic E-state index is 14.5. The Hall–Kier alpha value is -3.55. The molecule has 6 nitrogen and oxygen atoms in total. The molecule has 0 radical (unpaired) electrons. The van der Waals surface area contributed by atoms with Crippen molar-refractivity contribution in [2.24, 2.45) is 5.92 Å². The number of rotatable bonds is 7. The smallest absolute Gasteiger partial charge is 0.266 e. The quantitative estimate of drug-likeness (QED) is 0.297. The fourth-order valence-corrected chi connectivity index (χ4v) is 4.20. The zero-order chi connectivity index (χ0) is 25.3. The highest BCUT2D eigenvalue weighted by Gasteiger charge is 2.39. The Morgan fingerprint density at radius 1 is 0.914 bits per heavy atom. The number of pyridine rings is 1. The summed E-state index contributed by atoms with van der Waals surface area (Å²) in [5.74, 6) is -0.387. The molecular weight excluding hydrogens is 448 g/mol. The Morgan fingerprint density at radius 3 is 2.20 bits per heavy atom. The number of hydrogen-bond acceptors (Lipinski definition) is 6. The molecule has 8 heteroatoms. The second-order valence-electron chi connectivity index (χ2n) is 9.33. The van der Waals surface area contributed by atoms with Crippen LogP contribution in [0.4, 0.5) is 8.78 Å². The van der Waals surface area contributed by atoms with Crippen LogP contribution in [0, 0.1) is 24.5 Å². The van der Waals surface area contributed by atoms with E-state index in [0.29, 0.717) is 17.5 Å². The van der Waals surface area contributed by atoms with E-state index in [2.05, 4.69) is 55.0 Å². The first-order valence-corrected chi connectivity index (χ1v) is 11.8. The first-order valence-electron chi connectivity index (χ1n) is 11.8. The third-order valence-electron chi connectivity index (χ3n) is 6.86. The molecule has 3 heterocycles. The van der Waals surface area contributed by atoms with Gasteiger partial charge in [-0.2, -0.15) is 5.10 Å². The van der Waals surface area contributed by atoms with E-state index in [4.69, 9.17) is 9.40 Å². The molecule has 0 saturated heterocycles. The van der Waals surface area contributed by atoms with Gasteiger partial charge in [0, 0.05) is 6.92 Å². The van der Waals surface area contributed by atoms with Gasteiger partial charge in [-0.05, 0) is 61.1 Å². The predicted molar refractivity (Wildman–Crippen MR) is 130 cm³/mol. The highest BCUT2D eigenvalue weighted by Crippen LogP contribution is 2.42. The van der Waals surface area contributed by atoms with E-state index >= 15 is 0 Å². The van der Waals surface area contributed by atoms with E-state index in [1.54, 1.807) is 13.0 Å². The number of nitrogens with zero attached hydrogens (tertiary/aromatic N) is 5. The molecular formula is C27H29F2N5O. The number of aromatic nitrogens is 5. The van der Waals surface area contributed by atoms with Crippen molar-refractivity contribution in [3.63, 3.8) is 0 Å². The Morgan fingerprint density at radius 2 is 1.60 bits per heavy atom. The van der Waals surface area contributed by atoms with Gasteiger partial charge in [-0.25, -0.2) is 13.8 Å². The summed E-state index contributed by atoms with van der Waals surface area (Å²) in [4.78, 5) is 4.88. The van der Waals surface area contributed by atoms with E-state index in [9.17, 15) is 8.78 Å². The van der Waals surface area contributed by atoms with Crippen LogP contribution in [0.5, 0.6) is 0 Å². The summed E-state index contributed by atoms with van der Waals surface area (Å²) in [5, 5.41) is 16.9. The average molecular weight is 478 g/mol. The molecule has 1 aromatic carbocycles. The standard InChI is InChI=1S/C27H29F2N5O/c1-7-16(4)18-14-22(24-19(28)10-8-11-20(24)29)32-33-25(18)27(6,15(2)3)23-13-9-12-21(30-23)26-34-31-17(5)35-26/h8-16H,7H2,1-6H3/t16-,27-/m0/s1. The van der Waals surface area contributed by atoms with Crippen molar-refractivity contribution >= 4 is 0 Å². The van der Waals surface area contributed by atoms with Crippen molar-refractivity contribution < 1.29 is 13.2 Å². The fraction of sp³-hybridized carbons (Fsp3) is 0.370. The lowest BCUT2D eigenvalue weighted by atomic mass is 9.70. The average Bonchev–Trinajstić information content (AvgIpc) is 3.29. The van der Waals surface area contributed by atoms with Crippen LogP contribution in [0.15, 0.2) is 46.9 Å². The van der Waals surface area contributed by atoms with Crippen LogP contribution in [-0.4, -0.2) is 25.4 Å². The number of benzene rings is 1. The third-order valence-corrected chi connectivity index (χ3v) is 6.86. The van der Waals surface area contributed by atoms with Crippen molar-refractivity contribution in [1.29, 1.82) is 0 Å². The molecule has 0 bridgehead atoms. The predicted octanol–water partition coefficient (Wildman–Crippen LogP) is 6.65. The lowest BCUT2D eigenvalue weighted by molar-refractivity contribution is 0.376. The summed E-state index contributed by atoms with van der Waals surface area (Å²) >= 11 is 0. The second-order valence-corrected chi connectivity index (χ2v) is 9.33. The van der Waals surface area contributed by atoms with Crippen molar-refractivity contribution in [3.8, 4) is 22.8 Å². The fourth-order valence-electron chi connectivity index (χ4n) is 4.20. The van der Waals surface area contributed by atoms with E-state index in [-0.39, 0.29) is 23.1 Å². The van der Waals surface area contributed by atoms with Crippen LogP contribution in [0.3, 0.4) is 0 Å². The molecule has 0 spiro atoms. The lowest BCUT2D eigenvalue weighted by Crippen LogP contribution is -2.34. The van der Waals surface area contributed by atoms with Gasteiger partial charge in [-0.1, -0.05) is 39.8 Å². The largest absolute Gasteiger partial charge is 0.420 e. The maximum Gasteiger partial charge on any atom is 0.266 e. The van der Waals surface area contributed by atoms with Crippen LogP contribution in [-0.2, 0) is 5.41 Å². The minimum Gasteiger partial charge on any atom is -0.420 e. The van der Waals surface area contributed by atoms with E-state index in [1.807, 2.05) is 18.2 Å². The van der Waals surface area contributed by atoms with Crippen molar-refractivity contribution in [2.45, 2.75) is 59.3 Å². The van der Waals surface area contributed by atoms with Crippen LogP contribution in [0.1, 0.15) is 69.8 Å². The summed E-state index contributed by atoms with van der Waals surface area (Å²) in [6.45, 7) is 12.1. The van der Waals surface area contributed by atoms with Crippen LogP contribution in [0.25, 0.3) is 22.8 Å². The molecule has 0 aliphatic heterocycles. The molecule has 3 aromatic heterocycles. The Balaban J connectivity index is 1.92. The molecule has 4 aromatic rings. The minimum absolute atomic E-state index is 0.0721. The summed E-state index contributed by atoms with van der Waals surface area (Å²) in [5.41, 5.74) is 2.31. The molecule has 0 unspecified atom stereocenters. The molecule has 35 heavy (non-hydrogen) atoms. The van der Waals surface area contributed by atoms with E-state index in [1.165, 1.54) is 18.2 Å². The first kappa shape index (κ1) is 24.6. The molecule has 0 fully saturated rings. The summed E-state index contributed by atoms with van der Waals surface area (Å²) in [7, 11) is 0. The number of aryl methyl sites for hydroxylation is 1. The van der Waals surface area contributed by atoms with Gasteiger partial charge in [0.1, 0.15) is 17.3 Å². The summed E-state index contributed by atoms with van der Waals surface area (Å²) < 4.78 is 34.7. The van der Waals surface area contributed by atoms with Gasteiger partial charge in [-0.15, -0.1) is 15.3 Å². The Labute approximate surface area is 203 Å². The molecule has 182 valence electrons. The van der Waals surface area contributed by atoms with Crippen molar-refractivity contribution in [2.75, 3.05) is 0 Å². The third kappa shape index (κ3) is 4.45. The van der Waals surface area contributed by atoms with E-state index in [0.717, 1.165) is 23.4 Å². The first-order chi connectivity index (χ1) is 16.7. The van der Waals surface area contributed by atoms with Crippen LogP contribution in [0.2, 0.25) is 0 Å². The minimum atomic E-state index is -0.669. The number of halogens is 2. The van der Waals surface area contributed by atoms with Gasteiger partial charge in [0.05, 0.1) is 28.1 Å². The van der Waals surface area contributed by atoms with Gasteiger partial charge in [-0.3, -0.25) is 0 Å². The van der Waals surface area contributed by atoms with Crippen LogP contribution < -0.4 is 0 Å². The van der Waals surface area contributed by atoms with Crippen molar-refractivity contribution in [3.05, 3.63) is 76.9 Å². The van der Waals surface area contributed by atoms with Gasteiger partial charge < -0.3 is 4.42 Å². The molecule has 4 rings (SSSR count). The molecule has 2 atom stereocenters. The topological polar surface area (TPSA) is 77.6 Å². The monoisotopic (exact) mass is 477 g/mol. The molecule has 0 amide bonds. The highest BCUT2D eigenvalue weighted by atomic mass is 19.1. The van der Waals surface area contributed by atoms with Gasteiger partial charge in [0.25, 0.3) is 5.89 Å². The van der Waals surface area contributed by atoms with Gasteiger partial charge >= 0.3 is 0 Å². The number of hydrogen-bond donors (Lipinski definition) is 0. The summed E-state index contributed by atoms with van der Waals surface area (Å²) in [6, 6.07) is 11.2. The Bertz CT molecular complexity index is 1330. The zero-order valence-electron chi connectivity index (χ0n) is 20.8. The Kier molecular flexibility index (Phi) is 6.74. The van der Waals surface area contributed by atoms with Crippen LogP contribution >= 0.6 is 0 Å². The normalized spacial score (nSPS) is 14.2. The molecule has 0 saturated carbocycles. The SMILES string of the molecule is CC[C@H](C)c1cc(-c2c(F)cccc2F)nnc1[C@](C)(c1cccc(-c2nnc(C)o2)n1)C(C)C. The second kappa shape index (κ2) is 9.60.